The molecular formula is C15H18O5. The number of ether oxygens (including phenoxy) is 3. The van der Waals surface area contributed by atoms with E-state index in [9.17, 15) is 9.90 Å². The van der Waals surface area contributed by atoms with E-state index in [0.29, 0.717) is 24.0 Å². The number of fused-ring (bicyclic) bond motifs is 1. The van der Waals surface area contributed by atoms with Crippen LogP contribution in [0.1, 0.15) is 36.3 Å². The summed E-state index contributed by atoms with van der Waals surface area (Å²) in [7, 11) is 1.64. The molecule has 1 N–H and O–H groups in total. The smallest absolute Gasteiger partial charge is 0.303 e. The molecule has 0 bridgehead atoms. The summed E-state index contributed by atoms with van der Waals surface area (Å²) in [5, 5.41) is 9.19. The lowest BCUT2D eigenvalue weighted by Crippen LogP contribution is -2.12. The van der Waals surface area contributed by atoms with Gasteiger partial charge in [-0.3, -0.25) is 4.79 Å². The highest BCUT2D eigenvalue weighted by molar-refractivity contribution is 5.69. The molecule has 5 heteroatoms. The molecule has 3 rings (SSSR count). The quantitative estimate of drug-likeness (QED) is 0.866. The van der Waals surface area contributed by atoms with Crippen LogP contribution >= 0.6 is 0 Å². The average molecular weight is 278 g/mol. The van der Waals surface area contributed by atoms with Crippen LogP contribution in [0, 0.1) is 5.92 Å². The Morgan fingerprint density at radius 1 is 1.45 bits per heavy atom. The molecule has 108 valence electrons. The minimum Gasteiger partial charge on any atom is -0.481 e. The minimum absolute atomic E-state index is 0.0192. The molecule has 0 saturated heterocycles. The molecule has 0 aromatic heterocycles. The second kappa shape index (κ2) is 5.32. The van der Waals surface area contributed by atoms with E-state index in [4.69, 9.17) is 14.2 Å². The summed E-state index contributed by atoms with van der Waals surface area (Å²) in [6.07, 6.45) is 2.28. The standard InChI is InChI=1S/C15H18O5/c1-18-7-10-4-5-12-15(20-8-19-12)14(10)11(6-13(16)17)9-2-3-9/h4-5,9,11H,2-3,6-8H2,1H3,(H,16,17). The first-order valence-corrected chi connectivity index (χ1v) is 6.82. The summed E-state index contributed by atoms with van der Waals surface area (Å²) < 4.78 is 16.2. The van der Waals surface area contributed by atoms with E-state index in [2.05, 4.69) is 0 Å². The maximum atomic E-state index is 11.2. The fourth-order valence-corrected chi connectivity index (χ4v) is 2.91. The van der Waals surface area contributed by atoms with Gasteiger partial charge < -0.3 is 19.3 Å². The van der Waals surface area contributed by atoms with Crippen molar-refractivity contribution in [3.63, 3.8) is 0 Å². The van der Waals surface area contributed by atoms with Gasteiger partial charge in [0, 0.05) is 18.6 Å². The Bertz CT molecular complexity index is 521. The van der Waals surface area contributed by atoms with Crippen LogP contribution in [-0.2, 0) is 16.1 Å². The third-order valence-corrected chi connectivity index (χ3v) is 3.92. The van der Waals surface area contributed by atoms with Crippen molar-refractivity contribution in [1.82, 2.24) is 0 Å². The Balaban J connectivity index is 2.03. The maximum Gasteiger partial charge on any atom is 0.303 e. The molecule has 0 spiro atoms. The van der Waals surface area contributed by atoms with Crippen LogP contribution in [-0.4, -0.2) is 25.0 Å². The Morgan fingerprint density at radius 2 is 2.25 bits per heavy atom. The lowest BCUT2D eigenvalue weighted by molar-refractivity contribution is -0.137. The van der Waals surface area contributed by atoms with Crippen molar-refractivity contribution < 1.29 is 24.1 Å². The van der Waals surface area contributed by atoms with E-state index in [1.54, 1.807) is 7.11 Å². The molecule has 1 fully saturated rings. The molecule has 20 heavy (non-hydrogen) atoms. The van der Waals surface area contributed by atoms with Crippen LogP contribution < -0.4 is 9.47 Å². The van der Waals surface area contributed by atoms with Crippen LogP contribution in [0.25, 0.3) is 0 Å². The van der Waals surface area contributed by atoms with Crippen LogP contribution in [0.3, 0.4) is 0 Å². The Labute approximate surface area is 117 Å². The number of methoxy groups -OCH3 is 1. The van der Waals surface area contributed by atoms with E-state index in [-0.39, 0.29) is 19.1 Å². The van der Waals surface area contributed by atoms with Crippen molar-refractivity contribution in [2.45, 2.75) is 31.8 Å². The largest absolute Gasteiger partial charge is 0.481 e. The van der Waals surface area contributed by atoms with Gasteiger partial charge in [-0.15, -0.1) is 0 Å². The molecule has 0 radical (unpaired) electrons. The number of carbonyl (C=O) groups is 1. The van der Waals surface area contributed by atoms with E-state index in [0.717, 1.165) is 24.0 Å². The third kappa shape index (κ3) is 2.45. The highest BCUT2D eigenvalue weighted by Crippen LogP contribution is 2.51. The summed E-state index contributed by atoms with van der Waals surface area (Å²) in [5.41, 5.74) is 1.96. The van der Waals surface area contributed by atoms with Gasteiger partial charge >= 0.3 is 5.97 Å². The van der Waals surface area contributed by atoms with Gasteiger partial charge in [0.1, 0.15) is 0 Å². The topological polar surface area (TPSA) is 65.0 Å². The Morgan fingerprint density at radius 3 is 2.90 bits per heavy atom. The SMILES string of the molecule is COCc1ccc2c(c1C(CC(=O)O)C1CC1)OCO2. The molecule has 0 amide bonds. The van der Waals surface area contributed by atoms with E-state index >= 15 is 0 Å². The van der Waals surface area contributed by atoms with Crippen molar-refractivity contribution in [3.8, 4) is 11.5 Å². The molecule has 1 aromatic rings. The van der Waals surface area contributed by atoms with Crippen molar-refractivity contribution in [1.29, 1.82) is 0 Å². The predicted molar refractivity (Wildman–Crippen MR) is 71.0 cm³/mol. The van der Waals surface area contributed by atoms with E-state index in [1.807, 2.05) is 12.1 Å². The highest BCUT2D eigenvalue weighted by Gasteiger charge is 2.38. The number of hydrogen-bond acceptors (Lipinski definition) is 4. The van der Waals surface area contributed by atoms with Crippen LogP contribution in [0.15, 0.2) is 12.1 Å². The van der Waals surface area contributed by atoms with Gasteiger partial charge in [-0.05, 0) is 30.4 Å². The number of benzene rings is 1. The van der Waals surface area contributed by atoms with Crippen molar-refractivity contribution in [2.75, 3.05) is 13.9 Å². The molecule has 2 aliphatic rings. The molecular weight excluding hydrogens is 260 g/mol. The highest BCUT2D eigenvalue weighted by atomic mass is 16.7. The van der Waals surface area contributed by atoms with Crippen LogP contribution in [0.2, 0.25) is 0 Å². The summed E-state index contributed by atoms with van der Waals surface area (Å²) in [6, 6.07) is 3.81. The third-order valence-electron chi connectivity index (χ3n) is 3.92. The number of aliphatic carboxylic acids is 1. The monoisotopic (exact) mass is 278 g/mol. The summed E-state index contributed by atoms with van der Waals surface area (Å²) in [5.74, 6) is 1.04. The molecule has 1 saturated carbocycles. The van der Waals surface area contributed by atoms with Gasteiger partial charge in [0.25, 0.3) is 0 Å². The molecule has 1 unspecified atom stereocenters. The maximum absolute atomic E-state index is 11.2. The van der Waals surface area contributed by atoms with Crippen molar-refractivity contribution in [2.24, 2.45) is 5.92 Å². The minimum atomic E-state index is -0.776. The van der Waals surface area contributed by atoms with E-state index in [1.165, 1.54) is 0 Å². The molecule has 1 heterocycles. The second-order valence-corrected chi connectivity index (χ2v) is 5.35. The Hall–Kier alpha value is -1.75. The molecule has 1 aliphatic heterocycles. The first kappa shape index (κ1) is 13.2. The predicted octanol–water partition coefficient (Wildman–Crippen LogP) is 2.53. The fraction of sp³-hybridized carbons (Fsp3) is 0.533. The van der Waals surface area contributed by atoms with Crippen molar-refractivity contribution >= 4 is 5.97 Å². The summed E-state index contributed by atoms with van der Waals surface area (Å²) in [6.45, 7) is 0.651. The van der Waals surface area contributed by atoms with Crippen LogP contribution in [0.5, 0.6) is 11.5 Å². The van der Waals surface area contributed by atoms with E-state index < -0.39 is 5.97 Å². The number of carboxylic acids is 1. The van der Waals surface area contributed by atoms with Crippen LogP contribution in [0.4, 0.5) is 0 Å². The summed E-state index contributed by atoms with van der Waals surface area (Å²) in [4.78, 5) is 11.2. The van der Waals surface area contributed by atoms with Crippen molar-refractivity contribution in [3.05, 3.63) is 23.3 Å². The fourth-order valence-electron chi connectivity index (χ4n) is 2.91. The molecule has 1 aliphatic carbocycles. The zero-order valence-corrected chi connectivity index (χ0v) is 11.4. The lowest BCUT2D eigenvalue weighted by atomic mass is 9.86. The van der Waals surface area contributed by atoms with Gasteiger partial charge in [-0.1, -0.05) is 6.07 Å². The van der Waals surface area contributed by atoms with Gasteiger partial charge in [0.2, 0.25) is 6.79 Å². The first-order chi connectivity index (χ1) is 9.70. The molecule has 5 nitrogen and oxygen atoms in total. The second-order valence-electron chi connectivity index (χ2n) is 5.35. The first-order valence-electron chi connectivity index (χ1n) is 6.82. The zero-order valence-electron chi connectivity index (χ0n) is 11.4. The van der Waals surface area contributed by atoms with Gasteiger partial charge in [-0.25, -0.2) is 0 Å². The average Bonchev–Trinajstić information content (AvgIpc) is 3.14. The summed E-state index contributed by atoms with van der Waals surface area (Å²) >= 11 is 0. The number of rotatable bonds is 6. The van der Waals surface area contributed by atoms with Gasteiger partial charge in [-0.2, -0.15) is 0 Å². The molecule has 1 atom stereocenters. The van der Waals surface area contributed by atoms with Gasteiger partial charge in [0.05, 0.1) is 13.0 Å². The number of hydrogen-bond donors (Lipinski definition) is 1. The molecule has 1 aromatic carbocycles. The van der Waals surface area contributed by atoms with Gasteiger partial charge in [0.15, 0.2) is 11.5 Å². The normalized spacial score (nSPS) is 18.1. The number of carboxylic acid groups (broad SMARTS) is 1. The lowest BCUT2D eigenvalue weighted by Gasteiger charge is -2.20. The Kier molecular flexibility index (Phi) is 3.53. The zero-order chi connectivity index (χ0) is 14.1.